The Morgan fingerprint density at radius 2 is 1.63 bits per heavy atom. The standard InChI is InChI=1S/C34H51BN6O8/c1-5-23(6-2)25-19-28(43)41(32(25)46)18-9-7-8-12-27(42)40-29(21(3)4)31(45)39-26(11-10-17-37-34(36)48)30(44)38-24-15-13-22(14-16-24)20-49-33(35)47/h13-16,21,23,25-26,29H,5-12,17-20H2,1-4H3,(H,38,44)(H,39,45)(H,40,42)(H3,36,37,48)/t25?,26-,29?/m0/s1. The van der Waals surface area contributed by atoms with E-state index in [4.69, 9.17) is 18.3 Å². The Morgan fingerprint density at radius 1 is 0.959 bits per heavy atom. The molecule has 0 spiro atoms. The molecule has 1 aromatic rings. The molecule has 0 aromatic heterocycles. The molecule has 3 atom stereocenters. The topological polar surface area (TPSA) is 206 Å². The molecule has 2 rings (SSSR count). The number of nitrogens with two attached hydrogens (primary N) is 1. The number of carbonyl (C=O) groups excluding carboxylic acids is 7. The SMILES string of the molecule is [B]C(=O)OCc1ccc(NC(=O)[C@H](CCCNC(N)=O)NC(=O)C(NC(=O)CCCCCN2C(=O)CC(C(CC)CC)C2=O)C(C)C)cc1. The van der Waals surface area contributed by atoms with E-state index in [0.29, 0.717) is 43.5 Å². The zero-order chi connectivity index (χ0) is 36.5. The van der Waals surface area contributed by atoms with Crippen molar-refractivity contribution in [3.63, 3.8) is 0 Å². The molecule has 15 heteroatoms. The Bertz CT molecular complexity index is 1300. The molecular formula is C34H51BN6O8. The van der Waals surface area contributed by atoms with Gasteiger partial charge in [-0.05, 0) is 55.2 Å². The van der Waals surface area contributed by atoms with E-state index in [-0.39, 0.29) is 67.9 Å². The summed E-state index contributed by atoms with van der Waals surface area (Å²) in [7, 11) is 4.99. The predicted octanol–water partition coefficient (Wildman–Crippen LogP) is 2.88. The molecule has 1 aromatic carbocycles. The van der Waals surface area contributed by atoms with Gasteiger partial charge in [0.15, 0.2) is 0 Å². The highest BCUT2D eigenvalue weighted by Crippen LogP contribution is 2.31. The van der Waals surface area contributed by atoms with Crippen LogP contribution in [0.4, 0.5) is 15.3 Å². The van der Waals surface area contributed by atoms with Crippen LogP contribution in [-0.2, 0) is 35.3 Å². The first-order chi connectivity index (χ1) is 23.3. The number of nitrogens with zero attached hydrogens (tertiary/aromatic N) is 1. The lowest BCUT2D eigenvalue weighted by Gasteiger charge is -2.25. The van der Waals surface area contributed by atoms with E-state index in [1.54, 1.807) is 38.1 Å². The fraction of sp³-hybridized carbons (Fsp3) is 0.618. The number of carbonyl (C=O) groups is 7. The van der Waals surface area contributed by atoms with E-state index in [0.717, 1.165) is 12.8 Å². The molecule has 14 nitrogen and oxygen atoms in total. The van der Waals surface area contributed by atoms with E-state index >= 15 is 0 Å². The number of anilines is 1. The van der Waals surface area contributed by atoms with Crippen molar-refractivity contribution < 1.29 is 38.3 Å². The largest absolute Gasteiger partial charge is 0.470 e. The third kappa shape index (κ3) is 13.9. The van der Waals surface area contributed by atoms with Gasteiger partial charge in [0.1, 0.15) is 18.7 Å². The molecule has 6 N–H and O–H groups in total. The van der Waals surface area contributed by atoms with Crippen LogP contribution in [0.5, 0.6) is 0 Å². The number of primary amides is 1. The number of benzene rings is 1. The van der Waals surface area contributed by atoms with Gasteiger partial charge in [-0.3, -0.25) is 33.7 Å². The van der Waals surface area contributed by atoms with E-state index in [1.807, 2.05) is 13.8 Å². The maximum atomic E-state index is 13.4. The summed E-state index contributed by atoms with van der Waals surface area (Å²) in [6.45, 7) is 8.11. The lowest BCUT2D eigenvalue weighted by atomic mass is 9.87. The van der Waals surface area contributed by atoms with E-state index in [1.165, 1.54) is 4.90 Å². The second kappa shape index (κ2) is 20.8. The number of rotatable bonds is 21. The molecule has 1 saturated heterocycles. The summed E-state index contributed by atoms with van der Waals surface area (Å²) in [5, 5.41) is 10.7. The van der Waals surface area contributed by atoms with Crippen molar-refractivity contribution in [1.82, 2.24) is 20.9 Å². The van der Waals surface area contributed by atoms with Gasteiger partial charge in [-0.1, -0.05) is 59.1 Å². The van der Waals surface area contributed by atoms with Crippen LogP contribution >= 0.6 is 0 Å². The summed E-state index contributed by atoms with van der Waals surface area (Å²) >= 11 is 0. The summed E-state index contributed by atoms with van der Waals surface area (Å²) in [5.41, 5.74) is 6.22. The second-order valence-corrected chi connectivity index (χ2v) is 12.7. The third-order valence-corrected chi connectivity index (χ3v) is 8.65. The van der Waals surface area contributed by atoms with Gasteiger partial charge in [0.2, 0.25) is 43.3 Å². The highest BCUT2D eigenvalue weighted by atomic mass is 16.5. The van der Waals surface area contributed by atoms with Crippen LogP contribution < -0.4 is 27.0 Å². The average molecular weight is 683 g/mol. The molecular weight excluding hydrogens is 631 g/mol. The van der Waals surface area contributed by atoms with Crippen molar-refractivity contribution in [1.29, 1.82) is 0 Å². The van der Waals surface area contributed by atoms with Crippen LogP contribution in [0.1, 0.15) is 91.0 Å². The normalized spacial score (nSPS) is 15.6. The first-order valence-electron chi connectivity index (χ1n) is 17.1. The molecule has 268 valence electrons. The number of hydrogen-bond donors (Lipinski definition) is 5. The van der Waals surface area contributed by atoms with Crippen LogP contribution in [0.3, 0.4) is 0 Å². The fourth-order valence-electron chi connectivity index (χ4n) is 5.80. The quantitative estimate of drug-likeness (QED) is 0.0739. The van der Waals surface area contributed by atoms with Crippen molar-refractivity contribution in [2.45, 2.75) is 104 Å². The van der Waals surface area contributed by atoms with Crippen LogP contribution in [0.15, 0.2) is 24.3 Å². The van der Waals surface area contributed by atoms with Crippen LogP contribution in [-0.4, -0.2) is 79.4 Å². The minimum atomic E-state index is -1.00. The van der Waals surface area contributed by atoms with Crippen molar-refractivity contribution >= 4 is 55.0 Å². The van der Waals surface area contributed by atoms with E-state index in [2.05, 4.69) is 21.3 Å². The van der Waals surface area contributed by atoms with Gasteiger partial charge in [-0.25, -0.2) is 4.79 Å². The monoisotopic (exact) mass is 682 g/mol. The van der Waals surface area contributed by atoms with Gasteiger partial charge in [-0.2, -0.15) is 0 Å². The van der Waals surface area contributed by atoms with Gasteiger partial charge >= 0.3 is 6.03 Å². The molecule has 1 fully saturated rings. The Kier molecular flexibility index (Phi) is 17.3. The van der Waals surface area contributed by atoms with Gasteiger partial charge in [0.25, 0.3) is 0 Å². The molecule has 2 unspecified atom stereocenters. The number of amides is 7. The van der Waals surface area contributed by atoms with Crippen molar-refractivity contribution in [2.24, 2.45) is 23.5 Å². The van der Waals surface area contributed by atoms with E-state index < -0.39 is 35.8 Å². The molecule has 2 radical (unpaired) electrons. The van der Waals surface area contributed by atoms with Crippen molar-refractivity contribution in [3.05, 3.63) is 29.8 Å². The number of imide groups is 1. The van der Waals surface area contributed by atoms with Crippen molar-refractivity contribution in [2.75, 3.05) is 18.4 Å². The number of ether oxygens (including phenoxy) is 1. The maximum absolute atomic E-state index is 13.4. The first-order valence-corrected chi connectivity index (χ1v) is 17.1. The van der Waals surface area contributed by atoms with Crippen LogP contribution in [0.2, 0.25) is 0 Å². The average Bonchev–Trinajstić information content (AvgIpc) is 3.32. The van der Waals surface area contributed by atoms with Crippen LogP contribution in [0.25, 0.3) is 0 Å². The lowest BCUT2D eigenvalue weighted by molar-refractivity contribution is -0.140. The summed E-state index contributed by atoms with van der Waals surface area (Å²) in [6.07, 6.45) is 4.34. The molecule has 7 amide bonds. The molecule has 1 heterocycles. The Balaban J connectivity index is 1.92. The Labute approximate surface area is 289 Å². The molecule has 0 bridgehead atoms. The number of urea groups is 1. The van der Waals surface area contributed by atoms with Crippen molar-refractivity contribution in [3.8, 4) is 0 Å². The second-order valence-electron chi connectivity index (χ2n) is 12.7. The molecule has 49 heavy (non-hydrogen) atoms. The zero-order valence-corrected chi connectivity index (χ0v) is 29.0. The predicted molar refractivity (Wildman–Crippen MR) is 184 cm³/mol. The minimum Gasteiger partial charge on any atom is -0.470 e. The van der Waals surface area contributed by atoms with Gasteiger partial charge in [-0.15, -0.1) is 0 Å². The zero-order valence-electron chi connectivity index (χ0n) is 29.0. The molecule has 1 aliphatic rings. The highest BCUT2D eigenvalue weighted by Gasteiger charge is 2.41. The summed E-state index contributed by atoms with van der Waals surface area (Å²) in [6, 6.07) is 3.86. The Hall–Kier alpha value is -4.43. The highest BCUT2D eigenvalue weighted by molar-refractivity contribution is 6.55. The molecule has 0 saturated carbocycles. The lowest BCUT2D eigenvalue weighted by Crippen LogP contribution is -2.54. The minimum absolute atomic E-state index is 0.0307. The van der Waals surface area contributed by atoms with Gasteiger partial charge in [0.05, 0.1) is 5.92 Å². The van der Waals surface area contributed by atoms with Gasteiger partial charge in [0, 0.05) is 31.6 Å². The van der Waals surface area contributed by atoms with E-state index in [9.17, 15) is 33.6 Å². The molecule has 1 aliphatic heterocycles. The number of likely N-dealkylation sites (tertiary alicyclic amines) is 1. The van der Waals surface area contributed by atoms with Crippen LogP contribution in [0, 0.1) is 17.8 Å². The summed E-state index contributed by atoms with van der Waals surface area (Å²) in [4.78, 5) is 88.0. The number of nitrogens with one attached hydrogen (secondary N) is 4. The third-order valence-electron chi connectivity index (χ3n) is 8.65. The molecule has 0 aliphatic carbocycles. The first kappa shape index (κ1) is 40.7. The summed E-state index contributed by atoms with van der Waals surface area (Å²) < 4.78 is 4.76. The number of hydrogen-bond acceptors (Lipinski definition) is 8. The van der Waals surface area contributed by atoms with Gasteiger partial charge < -0.3 is 31.7 Å². The maximum Gasteiger partial charge on any atom is 0.312 e. The number of unbranched alkanes of at least 4 members (excludes halogenated alkanes) is 2. The summed E-state index contributed by atoms with van der Waals surface area (Å²) in [5.74, 6) is -2.85. The fourth-order valence-corrected chi connectivity index (χ4v) is 5.80. The smallest absolute Gasteiger partial charge is 0.312 e. The Morgan fingerprint density at radius 3 is 2.22 bits per heavy atom.